The minimum absolute atomic E-state index is 0.0182. The molecule has 4 nitrogen and oxygen atoms in total. The van der Waals surface area contributed by atoms with Crippen molar-refractivity contribution in [1.82, 2.24) is 10.2 Å². The molecule has 0 bridgehead atoms. The van der Waals surface area contributed by atoms with Crippen molar-refractivity contribution in [1.29, 1.82) is 0 Å². The quantitative estimate of drug-likeness (QED) is 0.842. The Morgan fingerprint density at radius 1 is 1.45 bits per heavy atom. The topological polar surface area (TPSA) is 41.6 Å². The summed E-state index contributed by atoms with van der Waals surface area (Å²) in [5.41, 5.74) is 0. The second kappa shape index (κ2) is 6.90. The number of hydrogen-bond acceptors (Lipinski definition) is 3. The molecule has 0 radical (unpaired) electrons. The van der Waals surface area contributed by atoms with Gasteiger partial charge in [-0.15, -0.1) is 0 Å². The van der Waals surface area contributed by atoms with Gasteiger partial charge in [-0.1, -0.05) is 27.2 Å². The largest absolute Gasteiger partial charge is 0.378 e. The van der Waals surface area contributed by atoms with Gasteiger partial charge < -0.3 is 9.64 Å². The molecule has 2 fully saturated rings. The zero-order chi connectivity index (χ0) is 14.7. The van der Waals surface area contributed by atoms with Crippen LogP contribution in [-0.4, -0.2) is 41.8 Å². The molecule has 4 atom stereocenters. The average molecular weight is 282 g/mol. The Labute approximate surface area is 123 Å². The molecular formula is C16H30N2O2. The van der Waals surface area contributed by atoms with Crippen molar-refractivity contribution >= 4 is 5.91 Å². The highest BCUT2D eigenvalue weighted by Crippen LogP contribution is 2.28. The van der Waals surface area contributed by atoms with Gasteiger partial charge in [0.25, 0.3) is 0 Å². The van der Waals surface area contributed by atoms with Gasteiger partial charge in [0.2, 0.25) is 5.91 Å². The van der Waals surface area contributed by atoms with E-state index in [9.17, 15) is 4.79 Å². The van der Waals surface area contributed by atoms with Crippen LogP contribution in [0.4, 0.5) is 0 Å². The second-order valence-corrected chi connectivity index (χ2v) is 6.76. The third kappa shape index (κ3) is 3.53. The van der Waals surface area contributed by atoms with Crippen molar-refractivity contribution < 1.29 is 9.53 Å². The van der Waals surface area contributed by atoms with Gasteiger partial charge in [-0.25, -0.2) is 0 Å². The van der Waals surface area contributed by atoms with Crippen molar-refractivity contribution in [2.45, 2.75) is 84.2 Å². The number of amides is 1. The van der Waals surface area contributed by atoms with Crippen LogP contribution >= 0.6 is 0 Å². The molecule has 2 heterocycles. The second-order valence-electron chi connectivity index (χ2n) is 6.76. The first-order valence-electron chi connectivity index (χ1n) is 8.22. The standard InChI is InChI=1S/C16H30N2O2/c1-5-6-15-17-14(9-11(2)3)16(19)18(15)13-7-8-20-12(4)10-13/h11-15,17H,5-10H2,1-4H3. The maximum atomic E-state index is 12.8. The summed E-state index contributed by atoms with van der Waals surface area (Å²) in [5, 5.41) is 3.57. The van der Waals surface area contributed by atoms with E-state index in [1.165, 1.54) is 0 Å². The number of ether oxygens (including phenoxy) is 1. The number of carbonyl (C=O) groups is 1. The van der Waals surface area contributed by atoms with Crippen molar-refractivity contribution in [3.05, 3.63) is 0 Å². The molecule has 116 valence electrons. The number of carbonyl (C=O) groups excluding carboxylic acids is 1. The van der Waals surface area contributed by atoms with E-state index in [1.807, 2.05) is 0 Å². The van der Waals surface area contributed by atoms with Gasteiger partial charge >= 0.3 is 0 Å². The predicted octanol–water partition coefficient (Wildman–Crippen LogP) is 2.53. The Balaban J connectivity index is 2.08. The zero-order valence-corrected chi connectivity index (χ0v) is 13.4. The maximum absolute atomic E-state index is 12.8. The molecule has 20 heavy (non-hydrogen) atoms. The van der Waals surface area contributed by atoms with Crippen LogP contribution in [0.2, 0.25) is 0 Å². The SMILES string of the molecule is CCCC1NC(CC(C)C)C(=O)N1C1CCOC(C)C1. The number of rotatable bonds is 5. The highest BCUT2D eigenvalue weighted by molar-refractivity contribution is 5.84. The Bertz CT molecular complexity index is 332. The zero-order valence-electron chi connectivity index (χ0n) is 13.4. The molecule has 2 rings (SSSR count). The summed E-state index contributed by atoms with van der Waals surface area (Å²) in [5.74, 6) is 0.864. The minimum Gasteiger partial charge on any atom is -0.378 e. The van der Waals surface area contributed by atoms with E-state index in [4.69, 9.17) is 4.74 Å². The monoisotopic (exact) mass is 282 g/mol. The van der Waals surface area contributed by atoms with Gasteiger partial charge in [-0.05, 0) is 38.5 Å². The molecule has 0 aromatic heterocycles. The molecular weight excluding hydrogens is 252 g/mol. The molecule has 0 spiro atoms. The van der Waals surface area contributed by atoms with Crippen LogP contribution in [0.1, 0.15) is 59.8 Å². The van der Waals surface area contributed by atoms with Gasteiger partial charge in [-0.3, -0.25) is 10.1 Å². The summed E-state index contributed by atoms with van der Waals surface area (Å²) >= 11 is 0. The molecule has 2 aliphatic rings. The van der Waals surface area contributed by atoms with Gasteiger partial charge in [0.1, 0.15) is 0 Å². The lowest BCUT2D eigenvalue weighted by Crippen LogP contribution is -2.48. The molecule has 1 amide bonds. The molecule has 1 N–H and O–H groups in total. The Hall–Kier alpha value is -0.610. The Kier molecular flexibility index (Phi) is 5.44. The van der Waals surface area contributed by atoms with Crippen LogP contribution < -0.4 is 5.32 Å². The maximum Gasteiger partial charge on any atom is 0.241 e. The number of nitrogens with zero attached hydrogens (tertiary/aromatic N) is 1. The molecule has 2 aliphatic heterocycles. The molecule has 4 unspecified atom stereocenters. The van der Waals surface area contributed by atoms with Crippen LogP contribution in [0, 0.1) is 5.92 Å². The van der Waals surface area contributed by atoms with Gasteiger partial charge in [0.15, 0.2) is 0 Å². The summed E-state index contributed by atoms with van der Waals surface area (Å²) in [6, 6.07) is 0.372. The van der Waals surface area contributed by atoms with Crippen LogP contribution in [-0.2, 0) is 9.53 Å². The van der Waals surface area contributed by atoms with Crippen molar-refractivity contribution in [3.63, 3.8) is 0 Å². The van der Waals surface area contributed by atoms with Crippen LogP contribution in [0.5, 0.6) is 0 Å². The Morgan fingerprint density at radius 3 is 2.80 bits per heavy atom. The minimum atomic E-state index is 0.0182. The van der Waals surface area contributed by atoms with Gasteiger partial charge in [-0.2, -0.15) is 0 Å². The summed E-state index contributed by atoms with van der Waals surface area (Å²) in [6.07, 6.45) is 5.54. The van der Waals surface area contributed by atoms with Crippen molar-refractivity contribution in [2.75, 3.05) is 6.61 Å². The summed E-state index contributed by atoms with van der Waals surface area (Å²) in [4.78, 5) is 14.9. The molecule has 0 aromatic carbocycles. The predicted molar refractivity (Wildman–Crippen MR) is 80.4 cm³/mol. The summed E-state index contributed by atoms with van der Waals surface area (Å²) < 4.78 is 5.63. The molecule has 0 aliphatic carbocycles. The van der Waals surface area contributed by atoms with E-state index in [0.717, 1.165) is 38.7 Å². The summed E-state index contributed by atoms with van der Waals surface area (Å²) in [6.45, 7) is 9.45. The van der Waals surface area contributed by atoms with Crippen molar-refractivity contribution in [2.24, 2.45) is 5.92 Å². The molecule has 0 saturated carbocycles. The lowest BCUT2D eigenvalue weighted by atomic mass is 10.00. The highest BCUT2D eigenvalue weighted by atomic mass is 16.5. The molecule has 4 heteroatoms. The fraction of sp³-hybridized carbons (Fsp3) is 0.938. The fourth-order valence-electron chi connectivity index (χ4n) is 3.51. The van der Waals surface area contributed by atoms with Gasteiger partial charge in [0.05, 0.1) is 18.3 Å². The van der Waals surface area contributed by atoms with Gasteiger partial charge in [0, 0.05) is 12.6 Å². The van der Waals surface area contributed by atoms with Crippen LogP contribution in [0.15, 0.2) is 0 Å². The molecule has 2 saturated heterocycles. The normalized spacial score (nSPS) is 35.0. The van der Waals surface area contributed by atoms with E-state index < -0.39 is 0 Å². The summed E-state index contributed by atoms with van der Waals surface area (Å²) in [7, 11) is 0. The third-order valence-corrected chi connectivity index (χ3v) is 4.40. The first kappa shape index (κ1) is 15.8. The fourth-order valence-corrected chi connectivity index (χ4v) is 3.51. The van der Waals surface area contributed by atoms with Crippen LogP contribution in [0.3, 0.4) is 0 Å². The third-order valence-electron chi connectivity index (χ3n) is 4.40. The van der Waals surface area contributed by atoms with E-state index in [-0.39, 0.29) is 18.3 Å². The van der Waals surface area contributed by atoms with E-state index in [0.29, 0.717) is 17.9 Å². The van der Waals surface area contributed by atoms with Crippen molar-refractivity contribution in [3.8, 4) is 0 Å². The lowest BCUT2D eigenvalue weighted by Gasteiger charge is -2.37. The van der Waals surface area contributed by atoms with E-state index in [2.05, 4.69) is 37.9 Å². The van der Waals surface area contributed by atoms with E-state index >= 15 is 0 Å². The van der Waals surface area contributed by atoms with E-state index in [1.54, 1.807) is 0 Å². The number of hydrogen-bond donors (Lipinski definition) is 1. The molecule has 0 aromatic rings. The number of nitrogens with one attached hydrogen (secondary N) is 1. The van der Waals surface area contributed by atoms with Crippen LogP contribution in [0.25, 0.3) is 0 Å². The highest BCUT2D eigenvalue weighted by Gasteiger charge is 2.42. The first-order valence-corrected chi connectivity index (χ1v) is 8.22. The lowest BCUT2D eigenvalue weighted by molar-refractivity contribution is -0.135. The smallest absolute Gasteiger partial charge is 0.241 e. The Morgan fingerprint density at radius 2 is 2.20 bits per heavy atom. The average Bonchev–Trinajstić information content (AvgIpc) is 2.66. The first-order chi connectivity index (χ1) is 9.52.